The van der Waals surface area contributed by atoms with Crippen LogP contribution in [0.5, 0.6) is 5.75 Å². The molecule has 2 N–H and O–H groups in total. The molecule has 2 aromatic rings. The molecule has 6 nitrogen and oxygen atoms in total. The number of carbonyl (C=O) groups is 2. The van der Waals surface area contributed by atoms with E-state index in [0.717, 1.165) is 11.3 Å². The Hall–Kier alpha value is -2.03. The summed E-state index contributed by atoms with van der Waals surface area (Å²) in [5, 5.41) is 6.30. The third-order valence-corrected chi connectivity index (χ3v) is 4.46. The fourth-order valence-corrected chi connectivity index (χ4v) is 3.36. The number of esters is 1. The molecule has 0 aliphatic carbocycles. The van der Waals surface area contributed by atoms with Gasteiger partial charge in [-0.05, 0) is 18.2 Å². The zero-order chi connectivity index (χ0) is 15.6. The zero-order valence-electron chi connectivity index (χ0n) is 10.9. The Kier molecular flexibility index (Phi) is 4.21. The van der Waals surface area contributed by atoms with Gasteiger partial charge in [-0.3, -0.25) is 9.59 Å². The molecule has 0 unspecified atom stereocenters. The second-order valence-corrected chi connectivity index (χ2v) is 6.61. The molecule has 0 saturated heterocycles. The summed E-state index contributed by atoms with van der Waals surface area (Å²) >= 11 is 0.983. The van der Waals surface area contributed by atoms with Crippen molar-refractivity contribution >= 4 is 33.1 Å². The molecule has 1 aromatic heterocycles. The molecule has 21 heavy (non-hydrogen) atoms. The van der Waals surface area contributed by atoms with Crippen molar-refractivity contribution in [2.75, 3.05) is 0 Å². The van der Waals surface area contributed by atoms with E-state index in [1.54, 1.807) is 18.2 Å². The first kappa shape index (κ1) is 15.4. The molecule has 0 aliphatic heterocycles. The Morgan fingerprint density at radius 2 is 1.95 bits per heavy atom. The highest BCUT2D eigenvalue weighted by atomic mass is 32.2. The van der Waals surface area contributed by atoms with Crippen molar-refractivity contribution in [2.45, 2.75) is 11.8 Å². The maximum absolute atomic E-state index is 12.3. The molecule has 0 spiro atoms. The minimum absolute atomic E-state index is 0.105. The molecule has 0 fully saturated rings. The molecular weight excluding hydrogens is 314 g/mol. The van der Waals surface area contributed by atoms with Crippen molar-refractivity contribution in [1.82, 2.24) is 0 Å². The van der Waals surface area contributed by atoms with E-state index in [2.05, 4.69) is 0 Å². The normalized spacial score (nSPS) is 11.1. The van der Waals surface area contributed by atoms with Crippen LogP contribution in [0.3, 0.4) is 0 Å². The van der Waals surface area contributed by atoms with E-state index < -0.39 is 16.0 Å². The van der Waals surface area contributed by atoms with Crippen LogP contribution in [-0.2, 0) is 14.8 Å². The van der Waals surface area contributed by atoms with Crippen molar-refractivity contribution in [1.29, 1.82) is 0 Å². The van der Waals surface area contributed by atoms with Gasteiger partial charge in [0.05, 0.1) is 9.77 Å². The highest BCUT2D eigenvalue weighted by Crippen LogP contribution is 2.23. The Bertz CT molecular complexity index is 807. The number of ether oxygens (including phenoxy) is 1. The van der Waals surface area contributed by atoms with E-state index in [4.69, 9.17) is 9.88 Å². The zero-order valence-corrected chi connectivity index (χ0v) is 12.5. The first-order valence-electron chi connectivity index (χ1n) is 5.72. The number of benzene rings is 1. The number of sulfonamides is 1. The van der Waals surface area contributed by atoms with Crippen molar-refractivity contribution in [2.24, 2.45) is 5.14 Å². The van der Waals surface area contributed by atoms with Crippen molar-refractivity contribution < 1.29 is 22.7 Å². The third kappa shape index (κ3) is 3.75. The summed E-state index contributed by atoms with van der Waals surface area (Å²) in [7, 11) is -3.83. The van der Waals surface area contributed by atoms with Gasteiger partial charge in [-0.1, -0.05) is 12.1 Å². The van der Waals surface area contributed by atoms with E-state index in [0.29, 0.717) is 0 Å². The number of rotatable bonds is 4. The second kappa shape index (κ2) is 5.76. The molecule has 0 amide bonds. The molecule has 0 bridgehead atoms. The van der Waals surface area contributed by atoms with Crippen molar-refractivity contribution in [3.8, 4) is 5.75 Å². The predicted octanol–water partition coefficient (Wildman–Crippen LogP) is 1.55. The van der Waals surface area contributed by atoms with E-state index in [1.807, 2.05) is 0 Å². The summed E-state index contributed by atoms with van der Waals surface area (Å²) in [6.07, 6.45) is 0. The molecule has 8 heteroatoms. The van der Waals surface area contributed by atoms with Gasteiger partial charge in [0.15, 0.2) is 0 Å². The summed E-state index contributed by atoms with van der Waals surface area (Å²) in [6.45, 7) is 1.26. The van der Waals surface area contributed by atoms with Crippen molar-refractivity contribution in [3.05, 3.63) is 46.2 Å². The lowest BCUT2D eigenvalue weighted by Crippen LogP contribution is -2.11. The molecule has 0 aliphatic rings. The van der Waals surface area contributed by atoms with Gasteiger partial charge < -0.3 is 4.74 Å². The van der Waals surface area contributed by atoms with Gasteiger partial charge in [0, 0.05) is 17.9 Å². The van der Waals surface area contributed by atoms with Crippen LogP contribution in [0.4, 0.5) is 0 Å². The average Bonchev–Trinajstić information content (AvgIpc) is 2.86. The molecular formula is C13H11NO5S2. The predicted molar refractivity (Wildman–Crippen MR) is 76.9 cm³/mol. The number of nitrogens with two attached hydrogens (primary N) is 1. The molecule has 0 saturated carbocycles. The van der Waals surface area contributed by atoms with Gasteiger partial charge in [-0.15, -0.1) is 11.3 Å². The highest BCUT2D eigenvalue weighted by molar-refractivity contribution is 7.89. The number of hydrogen-bond donors (Lipinski definition) is 1. The van der Waals surface area contributed by atoms with E-state index >= 15 is 0 Å². The SMILES string of the molecule is CC(=O)Oc1cccc(C(=O)c2cc(S(N)(=O)=O)cs2)c1. The number of thiophene rings is 1. The number of ketones is 1. The highest BCUT2D eigenvalue weighted by Gasteiger charge is 2.17. The molecule has 0 radical (unpaired) electrons. The van der Waals surface area contributed by atoms with Crippen LogP contribution in [0.15, 0.2) is 40.6 Å². The molecule has 1 aromatic carbocycles. The lowest BCUT2D eigenvalue weighted by molar-refractivity contribution is -0.131. The number of hydrogen-bond acceptors (Lipinski definition) is 6. The first-order chi connectivity index (χ1) is 9.77. The minimum atomic E-state index is -3.83. The maximum Gasteiger partial charge on any atom is 0.308 e. The minimum Gasteiger partial charge on any atom is -0.427 e. The van der Waals surface area contributed by atoms with Crippen LogP contribution in [0.2, 0.25) is 0 Å². The van der Waals surface area contributed by atoms with E-state index in [1.165, 1.54) is 24.4 Å². The van der Waals surface area contributed by atoms with Gasteiger partial charge in [0.2, 0.25) is 15.8 Å². The fraction of sp³-hybridized carbons (Fsp3) is 0.0769. The average molecular weight is 325 g/mol. The van der Waals surface area contributed by atoms with E-state index in [-0.39, 0.29) is 26.9 Å². The summed E-state index contributed by atoms with van der Waals surface area (Å²) in [4.78, 5) is 23.3. The van der Waals surface area contributed by atoms with E-state index in [9.17, 15) is 18.0 Å². The van der Waals surface area contributed by atoms with Crippen LogP contribution < -0.4 is 9.88 Å². The fourth-order valence-electron chi connectivity index (χ4n) is 1.60. The van der Waals surface area contributed by atoms with Crippen LogP contribution in [-0.4, -0.2) is 20.2 Å². The quantitative estimate of drug-likeness (QED) is 0.522. The lowest BCUT2D eigenvalue weighted by atomic mass is 10.1. The second-order valence-electron chi connectivity index (χ2n) is 4.14. The Morgan fingerprint density at radius 3 is 2.52 bits per heavy atom. The Labute approximate surface area is 125 Å². The monoisotopic (exact) mass is 325 g/mol. The van der Waals surface area contributed by atoms with Crippen LogP contribution in [0.1, 0.15) is 22.2 Å². The molecule has 1 heterocycles. The molecule has 2 rings (SSSR count). The standard InChI is InChI=1S/C13H11NO5S2/c1-8(15)19-10-4-2-3-9(5-10)13(16)12-6-11(7-20-12)21(14,17)18/h2-7H,1H3,(H2,14,17,18). The third-order valence-electron chi connectivity index (χ3n) is 2.49. The summed E-state index contributed by atoms with van der Waals surface area (Å²) in [6, 6.07) is 7.30. The topological polar surface area (TPSA) is 104 Å². The lowest BCUT2D eigenvalue weighted by Gasteiger charge is -2.03. The van der Waals surface area contributed by atoms with Gasteiger partial charge in [-0.25, -0.2) is 13.6 Å². The number of primary sulfonamides is 1. The van der Waals surface area contributed by atoms with Crippen LogP contribution in [0.25, 0.3) is 0 Å². The maximum atomic E-state index is 12.3. The summed E-state index contributed by atoms with van der Waals surface area (Å²) in [5.74, 6) is -0.618. The van der Waals surface area contributed by atoms with Crippen molar-refractivity contribution in [3.63, 3.8) is 0 Å². The van der Waals surface area contributed by atoms with Gasteiger partial charge in [-0.2, -0.15) is 0 Å². The molecule has 110 valence electrons. The van der Waals surface area contributed by atoms with Crippen LogP contribution in [0, 0.1) is 0 Å². The van der Waals surface area contributed by atoms with Gasteiger partial charge in [0.1, 0.15) is 5.75 Å². The first-order valence-corrected chi connectivity index (χ1v) is 8.14. The Balaban J connectivity index is 2.32. The Morgan fingerprint density at radius 1 is 1.24 bits per heavy atom. The largest absolute Gasteiger partial charge is 0.427 e. The van der Waals surface area contributed by atoms with Crippen LogP contribution >= 0.6 is 11.3 Å². The number of carbonyl (C=O) groups excluding carboxylic acids is 2. The van der Waals surface area contributed by atoms with Gasteiger partial charge >= 0.3 is 5.97 Å². The summed E-state index contributed by atoms with van der Waals surface area (Å²) < 4.78 is 27.3. The van der Waals surface area contributed by atoms with Gasteiger partial charge in [0.25, 0.3) is 0 Å². The molecule has 0 atom stereocenters. The smallest absolute Gasteiger partial charge is 0.308 e. The summed E-state index contributed by atoms with van der Waals surface area (Å²) in [5.41, 5.74) is 0.288.